The second-order valence-corrected chi connectivity index (χ2v) is 4.99. The van der Waals surface area contributed by atoms with Crippen molar-refractivity contribution in [2.45, 2.75) is 33.3 Å². The van der Waals surface area contributed by atoms with E-state index >= 15 is 0 Å². The van der Waals surface area contributed by atoms with Crippen molar-refractivity contribution in [3.63, 3.8) is 0 Å². The number of halogens is 1. The highest BCUT2D eigenvalue weighted by atomic mass is 19.1. The molecule has 0 saturated carbocycles. The third-order valence-corrected chi connectivity index (χ3v) is 3.14. The van der Waals surface area contributed by atoms with Crippen molar-refractivity contribution in [1.29, 1.82) is 0 Å². The molecule has 0 spiro atoms. The van der Waals surface area contributed by atoms with Gasteiger partial charge in [-0.1, -0.05) is 26.0 Å². The summed E-state index contributed by atoms with van der Waals surface area (Å²) >= 11 is 0. The number of hydrogen-bond acceptors (Lipinski definition) is 2. The zero-order valence-electron chi connectivity index (χ0n) is 11.4. The fourth-order valence-corrected chi connectivity index (χ4v) is 2.25. The molecule has 19 heavy (non-hydrogen) atoms. The van der Waals surface area contributed by atoms with E-state index < -0.39 is 0 Å². The molecule has 2 nitrogen and oxygen atoms in total. The van der Waals surface area contributed by atoms with Gasteiger partial charge in [0.25, 0.3) is 0 Å². The Hall–Kier alpha value is -1.74. The number of aliphatic hydroxyl groups is 1. The normalized spacial score (nSPS) is 11.1. The minimum atomic E-state index is -0.260. The van der Waals surface area contributed by atoms with Crippen molar-refractivity contribution in [3.8, 4) is 11.1 Å². The molecule has 0 aliphatic rings. The number of aryl methyl sites for hydroxylation is 1. The lowest BCUT2D eigenvalue weighted by atomic mass is 9.94. The molecule has 0 radical (unpaired) electrons. The van der Waals surface area contributed by atoms with Gasteiger partial charge in [-0.3, -0.25) is 4.98 Å². The molecular formula is C16H18FNO. The van der Waals surface area contributed by atoms with Gasteiger partial charge in [0.15, 0.2) is 0 Å². The largest absolute Gasteiger partial charge is 0.392 e. The molecule has 0 unspecified atom stereocenters. The summed E-state index contributed by atoms with van der Waals surface area (Å²) in [4.78, 5) is 4.51. The van der Waals surface area contributed by atoms with Crippen molar-refractivity contribution >= 4 is 0 Å². The highest BCUT2D eigenvalue weighted by Gasteiger charge is 2.14. The van der Waals surface area contributed by atoms with E-state index in [1.165, 1.54) is 12.1 Å². The van der Waals surface area contributed by atoms with Gasteiger partial charge in [-0.05, 0) is 42.2 Å². The maximum atomic E-state index is 13.0. The van der Waals surface area contributed by atoms with E-state index in [2.05, 4.69) is 18.8 Å². The van der Waals surface area contributed by atoms with Gasteiger partial charge < -0.3 is 5.11 Å². The van der Waals surface area contributed by atoms with Gasteiger partial charge in [-0.2, -0.15) is 0 Å². The monoisotopic (exact) mass is 259 g/mol. The zero-order valence-corrected chi connectivity index (χ0v) is 11.4. The van der Waals surface area contributed by atoms with Crippen LogP contribution in [0.15, 0.2) is 30.3 Å². The summed E-state index contributed by atoms with van der Waals surface area (Å²) in [6.07, 6.45) is 0. The van der Waals surface area contributed by atoms with E-state index in [1.807, 2.05) is 13.0 Å². The molecule has 1 aromatic carbocycles. The second kappa shape index (κ2) is 5.49. The van der Waals surface area contributed by atoms with E-state index in [0.717, 1.165) is 28.1 Å². The Morgan fingerprint density at radius 3 is 2.37 bits per heavy atom. The fraction of sp³-hybridized carbons (Fsp3) is 0.312. The maximum absolute atomic E-state index is 13.0. The Labute approximate surface area is 112 Å². The van der Waals surface area contributed by atoms with Gasteiger partial charge in [-0.25, -0.2) is 4.39 Å². The lowest BCUT2D eigenvalue weighted by molar-refractivity contribution is 0.280. The topological polar surface area (TPSA) is 33.1 Å². The first-order valence-electron chi connectivity index (χ1n) is 6.40. The Balaban J connectivity index is 2.64. The summed E-state index contributed by atoms with van der Waals surface area (Å²) in [6, 6.07) is 8.26. The summed E-state index contributed by atoms with van der Waals surface area (Å²) < 4.78 is 13.0. The average Bonchev–Trinajstić information content (AvgIpc) is 2.38. The van der Waals surface area contributed by atoms with Crippen LogP contribution in [0.5, 0.6) is 0 Å². The summed E-state index contributed by atoms with van der Waals surface area (Å²) in [5, 5.41) is 9.64. The first-order chi connectivity index (χ1) is 9.02. The molecule has 2 aromatic rings. The van der Waals surface area contributed by atoms with Crippen LogP contribution in [-0.2, 0) is 6.61 Å². The van der Waals surface area contributed by atoms with Crippen LogP contribution in [0.2, 0.25) is 0 Å². The number of hydrogen-bond donors (Lipinski definition) is 1. The summed E-state index contributed by atoms with van der Waals surface area (Å²) in [7, 11) is 0. The van der Waals surface area contributed by atoms with Crippen LogP contribution in [0.25, 0.3) is 11.1 Å². The molecule has 1 N–H and O–H groups in total. The predicted molar refractivity (Wildman–Crippen MR) is 74.4 cm³/mol. The Morgan fingerprint density at radius 2 is 1.84 bits per heavy atom. The first kappa shape index (κ1) is 13.7. The molecular weight excluding hydrogens is 241 g/mol. The van der Waals surface area contributed by atoms with Crippen molar-refractivity contribution in [2.24, 2.45) is 0 Å². The highest BCUT2D eigenvalue weighted by Crippen LogP contribution is 2.30. The maximum Gasteiger partial charge on any atom is 0.123 e. The number of benzene rings is 1. The predicted octanol–water partition coefficient (Wildman–Crippen LogP) is 3.81. The van der Waals surface area contributed by atoms with Crippen LogP contribution in [-0.4, -0.2) is 10.1 Å². The van der Waals surface area contributed by atoms with Crippen LogP contribution >= 0.6 is 0 Å². The Kier molecular flexibility index (Phi) is 3.96. The fourth-order valence-electron chi connectivity index (χ4n) is 2.25. The van der Waals surface area contributed by atoms with Gasteiger partial charge in [0.1, 0.15) is 5.82 Å². The van der Waals surface area contributed by atoms with Crippen LogP contribution in [0, 0.1) is 12.7 Å². The minimum Gasteiger partial charge on any atom is -0.392 e. The van der Waals surface area contributed by atoms with Gasteiger partial charge >= 0.3 is 0 Å². The Morgan fingerprint density at radius 1 is 1.21 bits per heavy atom. The molecule has 3 heteroatoms. The molecule has 0 aliphatic heterocycles. The van der Waals surface area contributed by atoms with Gasteiger partial charge in [0.2, 0.25) is 0 Å². The average molecular weight is 259 g/mol. The minimum absolute atomic E-state index is 0.0620. The summed E-state index contributed by atoms with van der Waals surface area (Å²) in [6.45, 7) is 5.97. The number of aromatic nitrogens is 1. The van der Waals surface area contributed by atoms with Crippen LogP contribution in [0.1, 0.15) is 36.7 Å². The lowest BCUT2D eigenvalue weighted by Gasteiger charge is -2.16. The highest BCUT2D eigenvalue weighted by molar-refractivity contribution is 5.68. The molecule has 0 aliphatic carbocycles. The van der Waals surface area contributed by atoms with Crippen molar-refractivity contribution in [1.82, 2.24) is 4.98 Å². The Bertz CT molecular complexity index is 576. The van der Waals surface area contributed by atoms with Gasteiger partial charge in [0, 0.05) is 17.0 Å². The molecule has 100 valence electrons. The SMILES string of the molecule is Cc1cc(-c2ccc(F)cc2)c(CO)c(C(C)C)n1. The molecule has 1 aromatic heterocycles. The molecule has 0 saturated heterocycles. The van der Waals surface area contributed by atoms with Crippen molar-refractivity contribution < 1.29 is 9.50 Å². The third kappa shape index (κ3) is 2.82. The van der Waals surface area contributed by atoms with E-state index in [-0.39, 0.29) is 18.3 Å². The molecule has 0 bridgehead atoms. The summed E-state index contributed by atoms with van der Waals surface area (Å²) in [5.41, 5.74) is 4.46. The molecule has 1 heterocycles. The number of pyridine rings is 1. The van der Waals surface area contributed by atoms with E-state index in [0.29, 0.717) is 0 Å². The number of rotatable bonds is 3. The molecule has 0 atom stereocenters. The van der Waals surface area contributed by atoms with Gasteiger partial charge in [0.05, 0.1) is 6.61 Å². The first-order valence-corrected chi connectivity index (χ1v) is 6.40. The van der Waals surface area contributed by atoms with E-state index in [1.54, 1.807) is 12.1 Å². The number of aliphatic hydroxyl groups excluding tert-OH is 1. The standard InChI is InChI=1S/C16H18FNO/c1-10(2)16-15(9-19)14(8-11(3)18-16)12-4-6-13(17)7-5-12/h4-8,10,19H,9H2,1-3H3. The molecule has 0 amide bonds. The van der Waals surface area contributed by atoms with E-state index in [9.17, 15) is 9.50 Å². The lowest BCUT2D eigenvalue weighted by Crippen LogP contribution is -2.04. The molecule has 2 rings (SSSR count). The van der Waals surface area contributed by atoms with Crippen LogP contribution in [0.4, 0.5) is 4.39 Å². The van der Waals surface area contributed by atoms with Crippen molar-refractivity contribution in [2.75, 3.05) is 0 Å². The van der Waals surface area contributed by atoms with Gasteiger partial charge in [-0.15, -0.1) is 0 Å². The second-order valence-electron chi connectivity index (χ2n) is 4.99. The van der Waals surface area contributed by atoms with Crippen LogP contribution < -0.4 is 0 Å². The van der Waals surface area contributed by atoms with E-state index in [4.69, 9.17) is 0 Å². The summed E-state index contributed by atoms with van der Waals surface area (Å²) in [5.74, 6) is -0.0228. The van der Waals surface area contributed by atoms with Crippen LogP contribution in [0.3, 0.4) is 0 Å². The zero-order chi connectivity index (χ0) is 14.0. The number of nitrogens with zero attached hydrogens (tertiary/aromatic N) is 1. The smallest absolute Gasteiger partial charge is 0.123 e. The van der Waals surface area contributed by atoms with Crippen molar-refractivity contribution in [3.05, 3.63) is 53.1 Å². The third-order valence-electron chi connectivity index (χ3n) is 3.14. The molecule has 0 fully saturated rings. The quantitative estimate of drug-likeness (QED) is 0.909.